The molecule has 4 rings (SSSR count). The van der Waals surface area contributed by atoms with Crippen molar-refractivity contribution in [2.45, 2.75) is 45.8 Å². The van der Waals surface area contributed by atoms with Gasteiger partial charge in [-0.25, -0.2) is 4.98 Å². The molecule has 0 bridgehead atoms. The number of hydrogen-bond donors (Lipinski definition) is 2. The molecule has 1 unspecified atom stereocenters. The van der Waals surface area contributed by atoms with Gasteiger partial charge in [0, 0.05) is 36.7 Å². The zero-order chi connectivity index (χ0) is 20.4. The number of aromatic nitrogens is 1. The van der Waals surface area contributed by atoms with Gasteiger partial charge in [-0.1, -0.05) is 12.1 Å². The van der Waals surface area contributed by atoms with E-state index in [1.807, 2.05) is 32.0 Å². The van der Waals surface area contributed by atoms with E-state index in [-0.39, 0.29) is 17.9 Å². The first kappa shape index (κ1) is 20.0. The number of ether oxygens (including phenoxy) is 1. The van der Waals surface area contributed by atoms with Crippen LogP contribution in [0.4, 0.5) is 10.8 Å². The van der Waals surface area contributed by atoms with Gasteiger partial charge in [0.15, 0.2) is 5.13 Å². The van der Waals surface area contributed by atoms with Crippen LogP contribution in [0.5, 0.6) is 0 Å². The fraction of sp³-hybridized carbons (Fsp3) is 0.476. The molecule has 0 aliphatic carbocycles. The van der Waals surface area contributed by atoms with Gasteiger partial charge in [0.25, 0.3) is 5.91 Å². The lowest BCUT2D eigenvalue weighted by atomic mass is 10.1. The minimum Gasteiger partial charge on any atom is -0.368 e. The van der Waals surface area contributed by atoms with Gasteiger partial charge in [0.2, 0.25) is 5.91 Å². The molecule has 2 aliphatic rings. The van der Waals surface area contributed by atoms with Crippen molar-refractivity contribution >= 4 is 34.0 Å². The van der Waals surface area contributed by atoms with Crippen LogP contribution in [0.3, 0.4) is 0 Å². The van der Waals surface area contributed by atoms with E-state index in [0.717, 1.165) is 53.2 Å². The maximum atomic E-state index is 12.5. The summed E-state index contributed by atoms with van der Waals surface area (Å²) in [6, 6.07) is 5.92. The summed E-state index contributed by atoms with van der Waals surface area (Å²) in [6.07, 6.45) is 2.10. The Morgan fingerprint density at radius 1 is 1.31 bits per heavy atom. The number of aryl methyl sites for hydroxylation is 1. The van der Waals surface area contributed by atoms with E-state index < -0.39 is 0 Å². The maximum absolute atomic E-state index is 12.5. The summed E-state index contributed by atoms with van der Waals surface area (Å²) in [5.41, 5.74) is 4.14. The Morgan fingerprint density at radius 2 is 2.17 bits per heavy atom. The highest BCUT2D eigenvalue weighted by molar-refractivity contribution is 7.15. The SMILES string of the molecule is Cc1cccc(NC(=O)CN2CCc3nc(NC(=O)C4CCCO4)sc3C2)c1C. The minimum absolute atomic E-state index is 0.0152. The van der Waals surface area contributed by atoms with Crippen molar-refractivity contribution in [3.05, 3.63) is 39.9 Å². The third kappa shape index (κ3) is 4.66. The lowest BCUT2D eigenvalue weighted by Gasteiger charge is -2.25. The first-order valence-electron chi connectivity index (χ1n) is 9.99. The van der Waals surface area contributed by atoms with Crippen molar-refractivity contribution in [1.82, 2.24) is 9.88 Å². The molecule has 1 aromatic carbocycles. The number of anilines is 2. The Bertz CT molecular complexity index is 921. The molecule has 0 radical (unpaired) electrons. The second kappa shape index (κ2) is 8.61. The van der Waals surface area contributed by atoms with E-state index in [9.17, 15) is 9.59 Å². The van der Waals surface area contributed by atoms with Gasteiger partial charge in [0.1, 0.15) is 6.10 Å². The number of carbonyl (C=O) groups excluding carboxylic acids is 2. The molecule has 7 nitrogen and oxygen atoms in total. The van der Waals surface area contributed by atoms with Crippen LogP contribution in [0, 0.1) is 13.8 Å². The highest BCUT2D eigenvalue weighted by Gasteiger charge is 2.26. The van der Waals surface area contributed by atoms with Gasteiger partial charge >= 0.3 is 0 Å². The van der Waals surface area contributed by atoms with Gasteiger partial charge in [-0.2, -0.15) is 0 Å². The Kier molecular flexibility index (Phi) is 5.94. The second-order valence-corrected chi connectivity index (χ2v) is 8.72. The summed E-state index contributed by atoms with van der Waals surface area (Å²) in [6.45, 7) is 6.48. The first-order chi connectivity index (χ1) is 14.0. The molecule has 2 amide bonds. The summed E-state index contributed by atoms with van der Waals surface area (Å²) < 4.78 is 5.43. The normalized spacial score (nSPS) is 19.0. The number of nitrogens with zero attached hydrogens (tertiary/aromatic N) is 2. The summed E-state index contributed by atoms with van der Waals surface area (Å²) in [5.74, 6) is -0.128. The predicted octanol–water partition coefficient (Wildman–Crippen LogP) is 2.87. The number of benzene rings is 1. The molecular formula is C21H26N4O3S. The summed E-state index contributed by atoms with van der Waals surface area (Å²) in [5, 5.41) is 6.53. The number of hydrogen-bond acceptors (Lipinski definition) is 6. The second-order valence-electron chi connectivity index (χ2n) is 7.64. The summed E-state index contributed by atoms with van der Waals surface area (Å²) in [7, 11) is 0. The van der Waals surface area contributed by atoms with Crippen LogP contribution in [0.25, 0.3) is 0 Å². The third-order valence-corrected chi connectivity index (χ3v) is 6.51. The van der Waals surface area contributed by atoms with Crippen LogP contribution in [-0.4, -0.2) is 47.5 Å². The number of nitrogens with one attached hydrogen (secondary N) is 2. The molecule has 1 saturated heterocycles. The third-order valence-electron chi connectivity index (χ3n) is 5.51. The van der Waals surface area contributed by atoms with E-state index in [1.165, 1.54) is 11.3 Å². The van der Waals surface area contributed by atoms with Crippen molar-refractivity contribution in [2.75, 3.05) is 30.3 Å². The molecule has 8 heteroatoms. The number of amides is 2. The molecular weight excluding hydrogens is 388 g/mol. The van der Waals surface area contributed by atoms with Gasteiger partial charge in [-0.05, 0) is 43.9 Å². The van der Waals surface area contributed by atoms with E-state index in [0.29, 0.717) is 24.8 Å². The number of rotatable bonds is 5. The molecule has 1 aromatic heterocycles. The molecule has 2 N–H and O–H groups in total. The Hall–Kier alpha value is -2.29. The molecule has 2 aromatic rings. The topological polar surface area (TPSA) is 83.6 Å². The molecule has 3 heterocycles. The largest absolute Gasteiger partial charge is 0.368 e. The molecule has 1 fully saturated rings. The van der Waals surface area contributed by atoms with Crippen molar-refractivity contribution in [1.29, 1.82) is 0 Å². The van der Waals surface area contributed by atoms with E-state index in [1.54, 1.807) is 0 Å². The van der Waals surface area contributed by atoms with Crippen LogP contribution < -0.4 is 10.6 Å². The number of thiazole rings is 1. The first-order valence-corrected chi connectivity index (χ1v) is 10.8. The van der Waals surface area contributed by atoms with Gasteiger partial charge in [-0.15, -0.1) is 11.3 Å². The monoisotopic (exact) mass is 414 g/mol. The van der Waals surface area contributed by atoms with Gasteiger partial charge in [-0.3, -0.25) is 19.8 Å². The van der Waals surface area contributed by atoms with Crippen LogP contribution in [0.1, 0.15) is 34.5 Å². The molecule has 1 atom stereocenters. The smallest absolute Gasteiger partial charge is 0.255 e. The fourth-order valence-electron chi connectivity index (χ4n) is 3.69. The van der Waals surface area contributed by atoms with Crippen molar-refractivity contribution < 1.29 is 14.3 Å². The van der Waals surface area contributed by atoms with Crippen LogP contribution in [0.2, 0.25) is 0 Å². The number of carbonyl (C=O) groups is 2. The molecule has 154 valence electrons. The average molecular weight is 415 g/mol. The van der Waals surface area contributed by atoms with Crippen LogP contribution in [-0.2, 0) is 27.3 Å². The van der Waals surface area contributed by atoms with E-state index in [2.05, 4.69) is 20.5 Å². The zero-order valence-corrected chi connectivity index (χ0v) is 17.6. The number of fused-ring (bicyclic) bond motifs is 1. The highest BCUT2D eigenvalue weighted by atomic mass is 32.1. The average Bonchev–Trinajstić information content (AvgIpc) is 3.34. The maximum Gasteiger partial charge on any atom is 0.255 e. The lowest BCUT2D eigenvalue weighted by Crippen LogP contribution is -2.36. The summed E-state index contributed by atoms with van der Waals surface area (Å²) in [4.78, 5) is 32.5. The minimum atomic E-state index is -0.360. The molecule has 29 heavy (non-hydrogen) atoms. The van der Waals surface area contributed by atoms with Gasteiger partial charge < -0.3 is 10.1 Å². The Morgan fingerprint density at radius 3 is 2.97 bits per heavy atom. The van der Waals surface area contributed by atoms with Crippen molar-refractivity contribution in [2.24, 2.45) is 0 Å². The molecule has 0 saturated carbocycles. The quantitative estimate of drug-likeness (QED) is 0.786. The fourth-order valence-corrected chi connectivity index (χ4v) is 4.74. The molecule has 0 spiro atoms. The molecule has 2 aliphatic heterocycles. The van der Waals surface area contributed by atoms with Crippen molar-refractivity contribution in [3.8, 4) is 0 Å². The standard InChI is InChI=1S/C21H26N4O3S/c1-13-5-3-6-15(14(13)2)22-19(26)12-25-9-8-16-18(11-25)29-21(23-16)24-20(27)17-7-4-10-28-17/h3,5-6,17H,4,7-12H2,1-2H3,(H,22,26)(H,23,24,27). The Balaban J connectivity index is 1.33. The lowest BCUT2D eigenvalue weighted by molar-refractivity contribution is -0.124. The van der Waals surface area contributed by atoms with Crippen LogP contribution in [0.15, 0.2) is 18.2 Å². The van der Waals surface area contributed by atoms with E-state index >= 15 is 0 Å². The van der Waals surface area contributed by atoms with Gasteiger partial charge in [0.05, 0.1) is 12.2 Å². The van der Waals surface area contributed by atoms with Crippen molar-refractivity contribution in [3.63, 3.8) is 0 Å². The summed E-state index contributed by atoms with van der Waals surface area (Å²) >= 11 is 1.49. The predicted molar refractivity (Wildman–Crippen MR) is 113 cm³/mol. The highest BCUT2D eigenvalue weighted by Crippen LogP contribution is 2.29. The Labute approximate surface area is 174 Å². The van der Waals surface area contributed by atoms with Crippen LogP contribution >= 0.6 is 11.3 Å². The van der Waals surface area contributed by atoms with E-state index in [4.69, 9.17) is 4.74 Å². The zero-order valence-electron chi connectivity index (χ0n) is 16.8.